The summed E-state index contributed by atoms with van der Waals surface area (Å²) >= 11 is 0.709. The fourth-order valence-electron chi connectivity index (χ4n) is 8.37. The average Bonchev–Trinajstić information content (AvgIpc) is 1.28. The maximum absolute atomic E-state index is 13.0. The quantitative estimate of drug-likeness (QED) is 0.0345. The van der Waals surface area contributed by atoms with Crippen LogP contribution in [0.1, 0.15) is 64.5 Å². The van der Waals surface area contributed by atoms with E-state index in [4.69, 9.17) is 28.8 Å². The summed E-state index contributed by atoms with van der Waals surface area (Å²) in [6, 6.07) is 48.3. The van der Waals surface area contributed by atoms with E-state index in [-0.39, 0.29) is 56.8 Å². The molecule has 89 heavy (non-hydrogen) atoms. The molecule has 0 radical (unpaired) electrons. The van der Waals surface area contributed by atoms with Gasteiger partial charge in [0.15, 0.2) is 0 Å². The maximum atomic E-state index is 13.0. The topological polar surface area (TPSA) is 138 Å². The van der Waals surface area contributed by atoms with Gasteiger partial charge in [0.2, 0.25) is 0 Å². The molecule has 0 heterocycles. The van der Waals surface area contributed by atoms with E-state index in [9.17, 15) is 19.5 Å². The zero-order valence-corrected chi connectivity index (χ0v) is 67.3. The number of aliphatic hydroxyl groups is 1. The summed E-state index contributed by atoms with van der Waals surface area (Å²) in [5.74, 6) is 1.20. The van der Waals surface area contributed by atoms with Crippen molar-refractivity contribution in [2.24, 2.45) is 0 Å². The van der Waals surface area contributed by atoms with Crippen molar-refractivity contribution < 1.29 is 48.3 Å². The molecule has 18 heteroatoms. The molecule has 10 nitrogen and oxygen atoms in total. The van der Waals surface area contributed by atoms with Gasteiger partial charge in [-0.15, -0.1) is 0 Å². The van der Waals surface area contributed by atoms with Crippen molar-refractivity contribution in [3.8, 4) is 17.2 Å². The molecule has 0 spiro atoms. The van der Waals surface area contributed by atoms with E-state index < -0.39 is 46.3 Å². The number of rotatable bonds is 29. The number of methoxy groups -OCH3 is 1. The van der Waals surface area contributed by atoms with Gasteiger partial charge in [0.05, 0.1) is 0 Å². The first-order valence-corrected chi connectivity index (χ1v) is 55.7. The van der Waals surface area contributed by atoms with Crippen molar-refractivity contribution in [3.05, 3.63) is 177 Å². The van der Waals surface area contributed by atoms with Gasteiger partial charge >= 0.3 is 519 Å². The molecular weight excluding hydrogens is 1390 g/mol. The first kappa shape index (κ1) is 79.0. The Labute approximate surface area is 560 Å². The molecule has 0 aliphatic rings. The van der Waals surface area contributed by atoms with E-state index in [1.165, 1.54) is 20.5 Å². The first-order chi connectivity index (χ1) is 41.6. The Morgan fingerprint density at radius 3 is 0.944 bits per heavy atom. The van der Waals surface area contributed by atoms with Gasteiger partial charge in [-0.2, -0.15) is 0 Å². The van der Waals surface area contributed by atoms with Crippen LogP contribution in [0.25, 0.3) is 0 Å². The summed E-state index contributed by atoms with van der Waals surface area (Å²) in [7, 11) is -4.13. The van der Waals surface area contributed by atoms with Crippen LogP contribution in [0, 0.1) is 20.8 Å². The second-order valence-corrected chi connectivity index (χ2v) is 63.1. The number of aromatic carboxylic acids is 1. The molecule has 0 fully saturated rings. The van der Waals surface area contributed by atoms with Gasteiger partial charge in [-0.05, 0) is 6.04 Å². The molecule has 6 aromatic rings. The minimum absolute atomic E-state index is 0.191. The Kier molecular flexibility index (Phi) is 34.3. The van der Waals surface area contributed by atoms with E-state index in [2.05, 4.69) is 165 Å². The molecule has 0 saturated carbocycles. The van der Waals surface area contributed by atoms with Crippen molar-refractivity contribution in [1.29, 1.82) is 0 Å². The van der Waals surface area contributed by atoms with Gasteiger partial charge in [0.1, 0.15) is 0 Å². The van der Waals surface area contributed by atoms with E-state index >= 15 is 0 Å². The molecular formula is C71H106O10Se3Si5. The number of aliphatic hydroxyl groups excluding tert-OH is 1. The van der Waals surface area contributed by atoms with Crippen molar-refractivity contribution in [2.75, 3.05) is 40.1 Å². The molecule has 0 aliphatic carbocycles. The van der Waals surface area contributed by atoms with Crippen molar-refractivity contribution in [1.82, 2.24) is 0 Å². The molecule has 488 valence electrons. The van der Waals surface area contributed by atoms with Gasteiger partial charge in [-0.1, -0.05) is 19.6 Å². The summed E-state index contributed by atoms with van der Waals surface area (Å²) in [5, 5.41) is 20.5. The predicted octanol–water partition coefficient (Wildman–Crippen LogP) is 15.0. The fraction of sp³-hybridized carbons (Fsp3) is 0.451. The SMILES string of the molecule is COC(=O)c1c(C)cc(OCC[Si](C)(C)C)cc1C[Se]c1ccccc1.C[Si](C)(C)CCO.Cc1cc(OCC[Si](C)(C)C)cc(C[Se]c2ccccc2)c1C(=O)O.Cc1cc(OCC[Si](C)(C)C)cc(C[Se]c2ccccc2)c1C(=O)OCC[Si](C)(C)C. The van der Waals surface area contributed by atoms with E-state index in [1.807, 2.05) is 81.4 Å². The third-order valence-corrected chi connectivity index (χ3v) is 28.9. The van der Waals surface area contributed by atoms with Gasteiger partial charge in [0.25, 0.3) is 0 Å². The van der Waals surface area contributed by atoms with Crippen LogP contribution in [0.4, 0.5) is 0 Å². The van der Waals surface area contributed by atoms with Crippen molar-refractivity contribution in [2.45, 2.75) is 165 Å². The van der Waals surface area contributed by atoms with Crippen LogP contribution in [0.3, 0.4) is 0 Å². The van der Waals surface area contributed by atoms with Crippen LogP contribution in [0.2, 0.25) is 128 Å². The minimum atomic E-state index is -1.24. The Bertz CT molecular complexity index is 3100. The molecule has 0 unspecified atom stereocenters. The van der Waals surface area contributed by atoms with Crippen molar-refractivity contribution >= 4 is 117 Å². The fourth-order valence-corrected chi connectivity index (χ4v) is 17.6. The third-order valence-electron chi connectivity index (χ3n) is 13.7. The second-order valence-electron chi connectivity index (χ2n) is 28.4. The number of aryl methyl sites for hydroxylation is 3. The van der Waals surface area contributed by atoms with Crippen LogP contribution in [0.5, 0.6) is 17.2 Å². The summed E-state index contributed by atoms with van der Waals surface area (Å²) in [4.78, 5) is 37.0. The van der Waals surface area contributed by atoms with Gasteiger partial charge in [-0.25, -0.2) is 0 Å². The number of carbonyl (C=O) groups is 3. The molecule has 2 N–H and O–H groups in total. The number of carboxylic acids is 1. The third kappa shape index (κ3) is 33.8. The first-order valence-electron chi connectivity index (χ1n) is 31.0. The average molecular weight is 1500 g/mol. The van der Waals surface area contributed by atoms with Crippen LogP contribution in [-0.4, -0.2) is 154 Å². The van der Waals surface area contributed by atoms with Crippen LogP contribution in [-0.2, 0) is 25.4 Å². The zero-order valence-electron chi connectivity index (χ0n) is 57.2. The number of carbonyl (C=O) groups excluding carboxylic acids is 2. The Balaban J connectivity index is 0.000000332. The number of ether oxygens (including phenoxy) is 5. The molecule has 0 saturated heterocycles. The molecule has 6 rings (SSSR count). The monoisotopic (exact) mass is 1500 g/mol. The Hall–Kier alpha value is -4.27. The summed E-state index contributed by atoms with van der Waals surface area (Å²) < 4.78 is 32.7. The predicted molar refractivity (Wildman–Crippen MR) is 393 cm³/mol. The van der Waals surface area contributed by atoms with Crippen molar-refractivity contribution in [3.63, 3.8) is 0 Å². The number of hydrogen-bond acceptors (Lipinski definition) is 9. The number of carboxylic acid groups (broad SMARTS) is 1. The zero-order chi connectivity index (χ0) is 66.6. The molecule has 0 aromatic heterocycles. The van der Waals surface area contributed by atoms with Gasteiger partial charge in [0, 0.05) is 14.7 Å². The van der Waals surface area contributed by atoms with Crippen LogP contribution < -0.4 is 27.6 Å². The number of esters is 2. The summed E-state index contributed by atoms with van der Waals surface area (Å²) in [6.45, 7) is 43.6. The standard InChI is InChI=1S/C25H38O3SeSi2.C21H28O3SeSi.C20H26O3SeSi.C5H14OSi/c1-20-17-22(27-13-15-30(2,3)4)18-21(19-29-23-11-9-8-10-12-23)24(20)25(26)28-14-16-31(5,6)7;1-16-13-18(24-11-12-26(3,4)5)14-17(20(16)21(22)23-2)15-25-19-9-7-6-8-10-19;1-15-12-17(23-10-11-25(2,3)4)13-16(19(15)20(21)22)14-24-18-8-6-5-7-9-18;1-7(2,3)5-4-6/h8-12,17-18H,13-16,19H2,1-7H3;6-10,13-14H,11-12,15H2,1-5H3;5-9,12-13H,10-11,14H2,1-4H3,(H,21,22);6H,4-5H2,1-3H3. The molecule has 0 amide bonds. The molecule has 6 aromatic carbocycles. The summed E-state index contributed by atoms with van der Waals surface area (Å²) in [5.41, 5.74) is 7.41. The summed E-state index contributed by atoms with van der Waals surface area (Å²) in [6.07, 6.45) is 0. The molecule has 0 bridgehead atoms. The van der Waals surface area contributed by atoms with Crippen LogP contribution >= 0.6 is 0 Å². The molecule has 0 atom stereocenters. The van der Waals surface area contributed by atoms with Crippen LogP contribution in [0.15, 0.2) is 127 Å². The number of benzene rings is 6. The van der Waals surface area contributed by atoms with E-state index in [0.29, 0.717) is 30.9 Å². The number of hydrogen-bond donors (Lipinski definition) is 2. The normalized spacial score (nSPS) is 11.6. The van der Waals surface area contributed by atoms with E-state index in [0.717, 1.165) is 116 Å². The van der Waals surface area contributed by atoms with Gasteiger partial charge < -0.3 is 5.11 Å². The second kappa shape index (κ2) is 38.7. The Morgan fingerprint density at radius 2 is 0.674 bits per heavy atom. The van der Waals surface area contributed by atoms with Gasteiger partial charge in [-0.3, -0.25) is 0 Å². The Morgan fingerprint density at radius 1 is 0.393 bits per heavy atom. The molecule has 0 aliphatic heterocycles. The van der Waals surface area contributed by atoms with E-state index in [1.54, 1.807) is 0 Å².